The third kappa shape index (κ3) is 3.97. The molecular weight excluding hydrogens is 266 g/mol. The molecule has 19 heavy (non-hydrogen) atoms. The Bertz CT molecular complexity index is 495. The number of ether oxygens (including phenoxy) is 1. The number of hydrogen-bond acceptors (Lipinski definition) is 5. The quantitative estimate of drug-likeness (QED) is 0.808. The van der Waals surface area contributed by atoms with E-state index in [1.54, 1.807) is 6.07 Å². The third-order valence-electron chi connectivity index (χ3n) is 3.13. The van der Waals surface area contributed by atoms with Gasteiger partial charge in [0.05, 0.1) is 12.3 Å². The van der Waals surface area contributed by atoms with Crippen LogP contribution in [0.2, 0.25) is 0 Å². The van der Waals surface area contributed by atoms with Gasteiger partial charge in [-0.15, -0.1) is 0 Å². The van der Waals surface area contributed by atoms with Gasteiger partial charge in [0.2, 0.25) is 10.0 Å². The predicted molar refractivity (Wildman–Crippen MR) is 70.9 cm³/mol. The Morgan fingerprint density at radius 1 is 1.47 bits per heavy atom. The molecule has 2 rings (SSSR count). The maximum atomic E-state index is 12.1. The van der Waals surface area contributed by atoms with Gasteiger partial charge in [-0.2, -0.15) is 0 Å². The standard InChI is InChI=1S/C12H19N3O3S/c13-6-11-3-4-12(8-14-11)19(16,17)15-7-10-2-1-5-18-9-10/h3-4,8,10,15H,1-2,5-7,9,13H2. The summed E-state index contributed by atoms with van der Waals surface area (Å²) in [5.74, 6) is 0.250. The van der Waals surface area contributed by atoms with Crippen molar-refractivity contribution in [3.05, 3.63) is 24.0 Å². The molecule has 1 aliphatic heterocycles. The predicted octanol–water partition coefficient (Wildman–Crippen LogP) is 0.245. The second kappa shape index (κ2) is 6.42. The molecule has 7 heteroatoms. The Labute approximate surface area is 113 Å². The minimum absolute atomic E-state index is 0.168. The molecule has 6 nitrogen and oxygen atoms in total. The molecule has 1 atom stereocenters. The smallest absolute Gasteiger partial charge is 0.242 e. The van der Waals surface area contributed by atoms with Crippen LogP contribution in [0.15, 0.2) is 23.2 Å². The van der Waals surface area contributed by atoms with Crippen molar-refractivity contribution in [1.29, 1.82) is 0 Å². The lowest BCUT2D eigenvalue weighted by atomic mass is 10.0. The van der Waals surface area contributed by atoms with E-state index in [0.29, 0.717) is 25.4 Å². The van der Waals surface area contributed by atoms with Gasteiger partial charge in [0.25, 0.3) is 0 Å². The van der Waals surface area contributed by atoms with Crippen molar-refractivity contribution >= 4 is 10.0 Å². The number of nitrogens with zero attached hydrogens (tertiary/aromatic N) is 1. The van der Waals surface area contributed by atoms with Crippen molar-refractivity contribution in [3.63, 3.8) is 0 Å². The average molecular weight is 285 g/mol. The van der Waals surface area contributed by atoms with Crippen LogP contribution in [0, 0.1) is 5.92 Å². The monoisotopic (exact) mass is 285 g/mol. The SMILES string of the molecule is NCc1ccc(S(=O)(=O)NCC2CCCOC2)cn1. The summed E-state index contributed by atoms with van der Waals surface area (Å²) >= 11 is 0. The molecule has 0 aromatic carbocycles. The van der Waals surface area contributed by atoms with Crippen molar-refractivity contribution in [2.75, 3.05) is 19.8 Å². The molecule has 1 aromatic heterocycles. The van der Waals surface area contributed by atoms with Crippen LogP contribution >= 0.6 is 0 Å². The van der Waals surface area contributed by atoms with Crippen molar-refractivity contribution in [1.82, 2.24) is 9.71 Å². The van der Waals surface area contributed by atoms with E-state index >= 15 is 0 Å². The molecule has 0 amide bonds. The van der Waals surface area contributed by atoms with Crippen molar-refractivity contribution < 1.29 is 13.2 Å². The minimum atomic E-state index is -3.49. The number of pyridine rings is 1. The molecule has 0 radical (unpaired) electrons. The molecule has 1 saturated heterocycles. The summed E-state index contributed by atoms with van der Waals surface area (Å²) in [7, 11) is -3.49. The molecule has 1 fully saturated rings. The summed E-state index contributed by atoms with van der Waals surface area (Å²) in [5.41, 5.74) is 6.09. The van der Waals surface area contributed by atoms with Gasteiger partial charge in [0, 0.05) is 25.9 Å². The molecule has 0 bridgehead atoms. The summed E-state index contributed by atoms with van der Waals surface area (Å²) < 4.78 is 32.0. The Balaban J connectivity index is 1.96. The first-order chi connectivity index (χ1) is 9.12. The van der Waals surface area contributed by atoms with Gasteiger partial charge in [-0.3, -0.25) is 4.98 Å². The highest BCUT2D eigenvalue weighted by molar-refractivity contribution is 7.89. The summed E-state index contributed by atoms with van der Waals surface area (Å²) in [6, 6.07) is 3.15. The highest BCUT2D eigenvalue weighted by Crippen LogP contribution is 2.14. The summed E-state index contributed by atoms with van der Waals surface area (Å²) in [6.45, 7) is 2.09. The maximum absolute atomic E-state index is 12.1. The molecular formula is C12H19N3O3S. The van der Waals surface area contributed by atoms with E-state index in [4.69, 9.17) is 10.5 Å². The van der Waals surface area contributed by atoms with E-state index in [0.717, 1.165) is 19.4 Å². The van der Waals surface area contributed by atoms with Crippen LogP contribution in [0.3, 0.4) is 0 Å². The molecule has 0 saturated carbocycles. The summed E-state index contributed by atoms with van der Waals surface area (Å²) in [4.78, 5) is 4.16. The zero-order valence-electron chi connectivity index (χ0n) is 10.7. The van der Waals surface area contributed by atoms with Crippen LogP contribution in [0.1, 0.15) is 18.5 Å². The number of nitrogens with two attached hydrogens (primary N) is 1. The van der Waals surface area contributed by atoms with Gasteiger partial charge in [-0.1, -0.05) is 0 Å². The third-order valence-corrected chi connectivity index (χ3v) is 4.54. The zero-order chi connectivity index (χ0) is 13.7. The molecule has 3 N–H and O–H groups in total. The molecule has 2 heterocycles. The highest BCUT2D eigenvalue weighted by atomic mass is 32.2. The normalized spacial score (nSPS) is 20.4. The Hall–Kier alpha value is -1.02. The molecule has 0 aliphatic carbocycles. The first-order valence-corrected chi connectivity index (χ1v) is 7.82. The van der Waals surface area contributed by atoms with E-state index in [9.17, 15) is 8.42 Å². The van der Waals surface area contributed by atoms with Crippen LogP contribution in [-0.4, -0.2) is 33.2 Å². The fourth-order valence-corrected chi connectivity index (χ4v) is 3.03. The lowest BCUT2D eigenvalue weighted by Crippen LogP contribution is -2.33. The first-order valence-electron chi connectivity index (χ1n) is 6.34. The van der Waals surface area contributed by atoms with Crippen LogP contribution < -0.4 is 10.5 Å². The Morgan fingerprint density at radius 3 is 2.89 bits per heavy atom. The zero-order valence-corrected chi connectivity index (χ0v) is 11.5. The van der Waals surface area contributed by atoms with E-state index < -0.39 is 10.0 Å². The minimum Gasteiger partial charge on any atom is -0.381 e. The van der Waals surface area contributed by atoms with E-state index in [1.165, 1.54) is 12.3 Å². The van der Waals surface area contributed by atoms with Crippen molar-refractivity contribution in [2.24, 2.45) is 11.7 Å². The fourth-order valence-electron chi connectivity index (χ4n) is 1.97. The number of sulfonamides is 1. The molecule has 106 valence electrons. The highest BCUT2D eigenvalue weighted by Gasteiger charge is 2.19. The molecule has 1 aromatic rings. The van der Waals surface area contributed by atoms with E-state index in [2.05, 4.69) is 9.71 Å². The molecule has 0 spiro atoms. The second-order valence-electron chi connectivity index (χ2n) is 4.62. The first kappa shape index (κ1) is 14.4. The summed E-state index contributed by atoms with van der Waals surface area (Å²) in [5, 5.41) is 0. The Morgan fingerprint density at radius 2 is 2.32 bits per heavy atom. The molecule has 1 unspecified atom stereocenters. The average Bonchev–Trinajstić information content (AvgIpc) is 2.46. The lowest BCUT2D eigenvalue weighted by Gasteiger charge is -2.22. The van der Waals surface area contributed by atoms with Gasteiger partial charge in [-0.25, -0.2) is 13.1 Å². The summed E-state index contributed by atoms with van der Waals surface area (Å²) in [6.07, 6.45) is 3.31. The van der Waals surface area contributed by atoms with Gasteiger partial charge >= 0.3 is 0 Å². The maximum Gasteiger partial charge on any atom is 0.242 e. The van der Waals surface area contributed by atoms with E-state index in [-0.39, 0.29) is 10.8 Å². The van der Waals surface area contributed by atoms with Crippen LogP contribution in [0.5, 0.6) is 0 Å². The van der Waals surface area contributed by atoms with Gasteiger partial charge < -0.3 is 10.5 Å². The van der Waals surface area contributed by atoms with Crippen LogP contribution in [0.25, 0.3) is 0 Å². The van der Waals surface area contributed by atoms with Gasteiger partial charge in [-0.05, 0) is 30.9 Å². The molecule has 1 aliphatic rings. The van der Waals surface area contributed by atoms with E-state index in [1.807, 2.05) is 0 Å². The van der Waals surface area contributed by atoms with Crippen molar-refractivity contribution in [3.8, 4) is 0 Å². The number of nitrogens with one attached hydrogen (secondary N) is 1. The number of rotatable bonds is 5. The lowest BCUT2D eigenvalue weighted by molar-refractivity contribution is 0.0568. The second-order valence-corrected chi connectivity index (χ2v) is 6.39. The van der Waals surface area contributed by atoms with Crippen molar-refractivity contribution in [2.45, 2.75) is 24.3 Å². The number of hydrogen-bond donors (Lipinski definition) is 2. The fraction of sp³-hybridized carbons (Fsp3) is 0.583. The van der Waals surface area contributed by atoms with Crippen LogP contribution in [0.4, 0.5) is 0 Å². The van der Waals surface area contributed by atoms with Crippen LogP contribution in [-0.2, 0) is 21.3 Å². The van der Waals surface area contributed by atoms with Gasteiger partial charge in [0.1, 0.15) is 4.90 Å². The topological polar surface area (TPSA) is 94.3 Å². The Kier molecular flexibility index (Phi) is 4.87. The number of aromatic nitrogens is 1. The van der Waals surface area contributed by atoms with Gasteiger partial charge in [0.15, 0.2) is 0 Å². The largest absolute Gasteiger partial charge is 0.381 e.